The van der Waals surface area contributed by atoms with Crippen LogP contribution in [0.2, 0.25) is 0 Å². The first kappa shape index (κ1) is 15.7. The lowest BCUT2D eigenvalue weighted by Gasteiger charge is -2.43. The Morgan fingerprint density at radius 3 is 3.00 bits per heavy atom. The number of aromatic amines is 1. The fourth-order valence-corrected chi connectivity index (χ4v) is 2.75. The molecular weight excluding hydrogens is 313 g/mol. The van der Waals surface area contributed by atoms with E-state index >= 15 is 0 Å². The number of aromatic nitrogens is 3. The van der Waals surface area contributed by atoms with Gasteiger partial charge in [-0.2, -0.15) is 18.3 Å². The highest BCUT2D eigenvalue weighted by atomic mass is 19.4. The first-order chi connectivity index (χ1) is 10.9. The van der Waals surface area contributed by atoms with E-state index in [9.17, 15) is 18.0 Å². The van der Waals surface area contributed by atoms with E-state index in [0.717, 1.165) is 0 Å². The van der Waals surface area contributed by atoms with Gasteiger partial charge in [0.1, 0.15) is 0 Å². The Kier molecular flexibility index (Phi) is 3.75. The van der Waals surface area contributed by atoms with Gasteiger partial charge in [0, 0.05) is 12.7 Å². The molecule has 23 heavy (non-hydrogen) atoms. The van der Waals surface area contributed by atoms with Gasteiger partial charge in [0.05, 0.1) is 30.3 Å². The number of morpholine rings is 1. The smallest absolute Gasteiger partial charge is 0.362 e. The third-order valence-electron chi connectivity index (χ3n) is 4.15. The molecule has 124 valence electrons. The van der Waals surface area contributed by atoms with E-state index in [1.54, 1.807) is 0 Å². The number of hydrogen-bond acceptors (Lipinski definition) is 4. The molecule has 1 unspecified atom stereocenters. The monoisotopic (exact) mass is 328 g/mol. The number of carbonyl (C=O) groups excluding carboxylic acids is 1. The van der Waals surface area contributed by atoms with E-state index < -0.39 is 24.2 Å². The second-order valence-corrected chi connectivity index (χ2v) is 5.41. The van der Waals surface area contributed by atoms with Gasteiger partial charge in [-0.25, -0.2) is 4.98 Å². The number of ether oxygens (including phenoxy) is 1. The van der Waals surface area contributed by atoms with Crippen LogP contribution in [0.5, 0.6) is 0 Å². The highest BCUT2D eigenvalue weighted by Gasteiger charge is 2.57. The molecule has 1 fully saturated rings. The summed E-state index contributed by atoms with van der Waals surface area (Å²) < 4.78 is 45.1. The molecule has 2 aromatic rings. The lowest BCUT2D eigenvalue weighted by atomic mass is 9.96. The minimum Gasteiger partial charge on any atom is -0.362 e. The van der Waals surface area contributed by atoms with E-state index in [4.69, 9.17) is 4.74 Å². The van der Waals surface area contributed by atoms with Crippen LogP contribution in [0.3, 0.4) is 0 Å². The summed E-state index contributed by atoms with van der Waals surface area (Å²) in [7, 11) is 0. The number of amides is 1. The molecule has 6 nitrogen and oxygen atoms in total. The van der Waals surface area contributed by atoms with Crippen LogP contribution in [0.25, 0.3) is 11.0 Å². The molecule has 0 saturated carbocycles. The minimum atomic E-state index is -4.54. The van der Waals surface area contributed by atoms with Crippen molar-refractivity contribution in [2.45, 2.75) is 25.1 Å². The number of alkyl halides is 3. The number of halogens is 3. The number of nitrogens with zero attached hydrogens (tertiary/aromatic N) is 3. The van der Waals surface area contributed by atoms with Crippen molar-refractivity contribution in [2.75, 3.05) is 19.7 Å². The van der Waals surface area contributed by atoms with Crippen LogP contribution in [0, 0.1) is 0 Å². The maximum absolute atomic E-state index is 13.4. The number of hydrogen-bond donors (Lipinski definition) is 1. The molecule has 0 spiro atoms. The molecule has 0 radical (unpaired) electrons. The van der Waals surface area contributed by atoms with Crippen LogP contribution in [0.1, 0.15) is 23.7 Å². The highest BCUT2D eigenvalue weighted by molar-refractivity contribution is 6.05. The molecule has 0 aliphatic carbocycles. The van der Waals surface area contributed by atoms with Gasteiger partial charge < -0.3 is 9.64 Å². The first-order valence-electron chi connectivity index (χ1n) is 7.16. The zero-order valence-electron chi connectivity index (χ0n) is 12.4. The van der Waals surface area contributed by atoms with E-state index in [1.807, 2.05) is 0 Å². The van der Waals surface area contributed by atoms with Crippen molar-refractivity contribution in [2.24, 2.45) is 0 Å². The van der Waals surface area contributed by atoms with Crippen molar-refractivity contribution >= 4 is 16.9 Å². The number of nitrogens with one attached hydrogen (secondary N) is 1. The van der Waals surface area contributed by atoms with Crippen LogP contribution >= 0.6 is 0 Å². The number of rotatable bonds is 2. The minimum absolute atomic E-state index is 0.109. The number of carbonyl (C=O) groups is 1. The zero-order valence-corrected chi connectivity index (χ0v) is 12.4. The number of H-pyrrole nitrogens is 1. The Morgan fingerprint density at radius 1 is 1.52 bits per heavy atom. The Morgan fingerprint density at radius 2 is 2.30 bits per heavy atom. The Balaban J connectivity index is 1.92. The summed E-state index contributed by atoms with van der Waals surface area (Å²) >= 11 is 0. The van der Waals surface area contributed by atoms with Gasteiger partial charge in [-0.3, -0.25) is 9.89 Å². The molecule has 1 aliphatic rings. The Labute approximate surface area is 129 Å². The van der Waals surface area contributed by atoms with Crippen molar-refractivity contribution in [3.8, 4) is 0 Å². The van der Waals surface area contributed by atoms with Crippen molar-refractivity contribution in [3.05, 3.63) is 24.0 Å². The highest BCUT2D eigenvalue weighted by Crippen LogP contribution is 2.39. The fourth-order valence-electron chi connectivity index (χ4n) is 2.75. The normalized spacial score (nSPS) is 22.5. The molecule has 1 saturated heterocycles. The van der Waals surface area contributed by atoms with Crippen LogP contribution in [-0.2, 0) is 4.74 Å². The summed E-state index contributed by atoms with van der Waals surface area (Å²) in [4.78, 5) is 17.9. The maximum Gasteiger partial charge on any atom is 0.419 e. The molecule has 1 atom stereocenters. The first-order valence-corrected chi connectivity index (χ1v) is 7.16. The quantitative estimate of drug-likeness (QED) is 0.917. The predicted octanol–water partition coefficient (Wildman–Crippen LogP) is 2.14. The van der Waals surface area contributed by atoms with Gasteiger partial charge in [0.25, 0.3) is 5.91 Å². The standard InChI is InChI=1S/C14H15F3N4O2/c1-2-13(14(15,16)17)8-21(5-6-23-13)12(22)9-3-4-18-11-10(9)7-19-20-11/h3-4,7H,2,5-6,8H2,1H3,(H,18,19,20). The van der Waals surface area contributed by atoms with Crippen LogP contribution < -0.4 is 0 Å². The van der Waals surface area contributed by atoms with Crippen molar-refractivity contribution in [1.29, 1.82) is 0 Å². The second kappa shape index (κ2) is 5.48. The van der Waals surface area contributed by atoms with Gasteiger partial charge >= 0.3 is 6.18 Å². The van der Waals surface area contributed by atoms with Gasteiger partial charge in [-0.05, 0) is 12.5 Å². The average molecular weight is 328 g/mol. The predicted molar refractivity (Wildman–Crippen MR) is 74.8 cm³/mol. The molecular formula is C14H15F3N4O2. The molecule has 0 bridgehead atoms. The second-order valence-electron chi connectivity index (χ2n) is 5.41. The molecule has 0 aromatic carbocycles. The van der Waals surface area contributed by atoms with E-state index in [2.05, 4.69) is 15.2 Å². The van der Waals surface area contributed by atoms with Gasteiger partial charge in [0.2, 0.25) is 0 Å². The molecule has 3 rings (SSSR count). The van der Waals surface area contributed by atoms with Gasteiger partial charge in [-0.15, -0.1) is 0 Å². The summed E-state index contributed by atoms with van der Waals surface area (Å²) in [6.07, 6.45) is -1.93. The summed E-state index contributed by atoms with van der Waals surface area (Å²) in [5, 5.41) is 6.93. The SMILES string of the molecule is CCC1(C(F)(F)F)CN(C(=O)c2ccnc3[nH]ncc23)CCO1. The van der Waals surface area contributed by atoms with E-state index in [-0.39, 0.29) is 25.1 Å². The molecule has 9 heteroatoms. The molecule has 2 aromatic heterocycles. The number of pyridine rings is 1. The van der Waals surface area contributed by atoms with Crippen molar-refractivity contribution in [1.82, 2.24) is 20.1 Å². The summed E-state index contributed by atoms with van der Waals surface area (Å²) in [6, 6.07) is 1.48. The Bertz CT molecular complexity index is 730. The zero-order chi connectivity index (χ0) is 16.7. The lowest BCUT2D eigenvalue weighted by Crippen LogP contribution is -2.60. The maximum atomic E-state index is 13.4. The molecule has 1 N–H and O–H groups in total. The average Bonchev–Trinajstić information content (AvgIpc) is 3.01. The third kappa shape index (κ3) is 2.54. The third-order valence-corrected chi connectivity index (χ3v) is 4.15. The topological polar surface area (TPSA) is 71.1 Å². The fraction of sp³-hybridized carbons (Fsp3) is 0.500. The molecule has 1 amide bonds. The van der Waals surface area contributed by atoms with Crippen LogP contribution in [0.4, 0.5) is 13.2 Å². The van der Waals surface area contributed by atoms with E-state index in [0.29, 0.717) is 11.0 Å². The van der Waals surface area contributed by atoms with Gasteiger partial charge in [-0.1, -0.05) is 6.92 Å². The number of fused-ring (bicyclic) bond motifs is 1. The summed E-state index contributed by atoms with van der Waals surface area (Å²) in [5.74, 6) is -0.482. The summed E-state index contributed by atoms with van der Waals surface area (Å²) in [6.45, 7) is 0.840. The Hall–Kier alpha value is -2.16. The van der Waals surface area contributed by atoms with Crippen LogP contribution in [-0.4, -0.2) is 57.5 Å². The summed E-state index contributed by atoms with van der Waals surface area (Å²) in [5.41, 5.74) is -1.62. The van der Waals surface area contributed by atoms with Crippen molar-refractivity contribution in [3.63, 3.8) is 0 Å². The van der Waals surface area contributed by atoms with Crippen molar-refractivity contribution < 1.29 is 22.7 Å². The van der Waals surface area contributed by atoms with Gasteiger partial charge in [0.15, 0.2) is 11.2 Å². The largest absolute Gasteiger partial charge is 0.419 e. The molecule has 1 aliphatic heterocycles. The van der Waals surface area contributed by atoms with E-state index in [1.165, 1.54) is 30.3 Å². The molecule has 3 heterocycles. The lowest BCUT2D eigenvalue weighted by molar-refractivity contribution is -0.293. The van der Waals surface area contributed by atoms with Crippen LogP contribution in [0.15, 0.2) is 18.5 Å².